The molecule has 3 rings (SSSR count). The Kier molecular flexibility index (Phi) is 5.46. The fourth-order valence-corrected chi connectivity index (χ4v) is 2.89. The van der Waals surface area contributed by atoms with Crippen molar-refractivity contribution in [2.45, 2.75) is 13.5 Å². The maximum absolute atomic E-state index is 12.5. The molecule has 3 aromatic rings. The van der Waals surface area contributed by atoms with Crippen LogP contribution in [0.25, 0.3) is 11.4 Å². The van der Waals surface area contributed by atoms with E-state index in [1.54, 1.807) is 35.9 Å². The normalized spacial score (nSPS) is 10.4. The predicted octanol–water partition coefficient (Wildman–Crippen LogP) is 2.91. The van der Waals surface area contributed by atoms with Crippen LogP contribution in [0.5, 0.6) is 0 Å². The van der Waals surface area contributed by atoms with Crippen LogP contribution >= 0.6 is 12.2 Å². The number of carbonyl (C=O) groups excluding carboxylic acids is 2. The van der Waals surface area contributed by atoms with Crippen LogP contribution in [0.1, 0.15) is 15.9 Å². The van der Waals surface area contributed by atoms with E-state index in [0.717, 1.165) is 11.1 Å². The third-order valence-corrected chi connectivity index (χ3v) is 4.28. The Morgan fingerprint density at radius 1 is 1.19 bits per heavy atom. The molecule has 0 fully saturated rings. The van der Waals surface area contributed by atoms with Crippen molar-refractivity contribution in [1.29, 1.82) is 0 Å². The number of nitrogens with one attached hydrogen (secondary N) is 3. The average molecular weight is 381 g/mol. The summed E-state index contributed by atoms with van der Waals surface area (Å²) in [6.07, 6.45) is 0. The number of anilines is 1. The lowest BCUT2D eigenvalue weighted by Gasteiger charge is -2.09. The van der Waals surface area contributed by atoms with Gasteiger partial charge in [-0.05, 0) is 43.4 Å². The van der Waals surface area contributed by atoms with Crippen molar-refractivity contribution in [3.8, 4) is 11.4 Å². The van der Waals surface area contributed by atoms with Gasteiger partial charge in [0.1, 0.15) is 6.54 Å². The third-order valence-electron chi connectivity index (χ3n) is 3.97. The van der Waals surface area contributed by atoms with E-state index in [4.69, 9.17) is 12.2 Å². The van der Waals surface area contributed by atoms with Crippen molar-refractivity contribution < 1.29 is 9.59 Å². The van der Waals surface area contributed by atoms with Gasteiger partial charge < -0.3 is 10.6 Å². The maximum Gasteiger partial charge on any atom is 0.251 e. The minimum absolute atomic E-state index is 0.00279. The first-order valence-electron chi connectivity index (χ1n) is 8.32. The van der Waals surface area contributed by atoms with E-state index >= 15 is 0 Å². The average Bonchev–Trinajstić information content (AvgIpc) is 3.01. The van der Waals surface area contributed by atoms with E-state index in [1.807, 2.05) is 31.2 Å². The lowest BCUT2D eigenvalue weighted by molar-refractivity contribution is -0.116. The van der Waals surface area contributed by atoms with E-state index in [0.29, 0.717) is 21.8 Å². The number of nitrogens with zero attached hydrogens (tertiary/aromatic N) is 2. The summed E-state index contributed by atoms with van der Waals surface area (Å²) in [6.45, 7) is 1.99. The van der Waals surface area contributed by atoms with Crippen molar-refractivity contribution >= 4 is 29.7 Å². The molecule has 3 N–H and O–H groups in total. The lowest BCUT2D eigenvalue weighted by atomic mass is 10.1. The van der Waals surface area contributed by atoms with Crippen LogP contribution < -0.4 is 10.6 Å². The molecule has 2 amide bonds. The second-order valence-electron chi connectivity index (χ2n) is 6.02. The number of hydrogen-bond donors (Lipinski definition) is 3. The van der Waals surface area contributed by atoms with E-state index in [2.05, 4.69) is 20.8 Å². The quantitative estimate of drug-likeness (QED) is 0.593. The van der Waals surface area contributed by atoms with Gasteiger partial charge in [0.15, 0.2) is 10.6 Å². The summed E-state index contributed by atoms with van der Waals surface area (Å²) in [4.78, 5) is 24.2. The molecule has 0 saturated carbocycles. The Morgan fingerprint density at radius 2 is 1.96 bits per heavy atom. The Hall–Kier alpha value is -3.26. The van der Waals surface area contributed by atoms with E-state index < -0.39 is 0 Å². The molecule has 0 atom stereocenters. The zero-order valence-corrected chi connectivity index (χ0v) is 15.8. The molecule has 1 heterocycles. The number of aromatic amines is 1. The number of hydrogen-bond acceptors (Lipinski definition) is 4. The van der Waals surface area contributed by atoms with Gasteiger partial charge >= 0.3 is 0 Å². The molecule has 0 aliphatic rings. The van der Waals surface area contributed by atoms with Gasteiger partial charge in [-0.3, -0.25) is 19.3 Å². The van der Waals surface area contributed by atoms with E-state index in [9.17, 15) is 9.59 Å². The smallest absolute Gasteiger partial charge is 0.251 e. The number of benzene rings is 2. The zero-order valence-electron chi connectivity index (χ0n) is 14.9. The van der Waals surface area contributed by atoms with Gasteiger partial charge in [0.2, 0.25) is 5.91 Å². The fourth-order valence-electron chi connectivity index (χ4n) is 2.70. The number of aryl methyl sites for hydroxylation is 1. The van der Waals surface area contributed by atoms with Crippen molar-refractivity contribution in [1.82, 2.24) is 20.1 Å². The first kappa shape index (κ1) is 18.5. The predicted molar refractivity (Wildman–Crippen MR) is 106 cm³/mol. The minimum atomic E-state index is -0.268. The molecular formula is C19H19N5O2S. The fraction of sp³-hybridized carbons (Fsp3) is 0.158. The Labute approximate surface area is 161 Å². The molecule has 138 valence electrons. The molecular weight excluding hydrogens is 362 g/mol. The van der Waals surface area contributed by atoms with Crippen LogP contribution in [-0.2, 0) is 11.3 Å². The Balaban J connectivity index is 1.80. The number of aromatic nitrogens is 3. The summed E-state index contributed by atoms with van der Waals surface area (Å²) >= 11 is 5.27. The van der Waals surface area contributed by atoms with Crippen LogP contribution in [0.4, 0.5) is 5.69 Å². The summed E-state index contributed by atoms with van der Waals surface area (Å²) in [5.41, 5.74) is 2.96. The van der Waals surface area contributed by atoms with Crippen LogP contribution in [0.15, 0.2) is 48.5 Å². The molecule has 0 radical (unpaired) electrons. The number of amides is 2. The summed E-state index contributed by atoms with van der Waals surface area (Å²) in [7, 11) is 1.56. The Morgan fingerprint density at radius 3 is 2.70 bits per heavy atom. The SMILES string of the molecule is CNC(=O)c1cccc(NC(=O)Cn2c(-c3cccc(C)c3)n[nH]c2=S)c1. The van der Waals surface area contributed by atoms with Crippen molar-refractivity contribution in [2.75, 3.05) is 12.4 Å². The van der Waals surface area contributed by atoms with Gasteiger partial charge in [-0.15, -0.1) is 0 Å². The molecule has 2 aromatic carbocycles. The van der Waals surface area contributed by atoms with Gasteiger partial charge in [-0.1, -0.05) is 29.8 Å². The molecule has 8 heteroatoms. The van der Waals surface area contributed by atoms with E-state index in [1.165, 1.54) is 0 Å². The van der Waals surface area contributed by atoms with Crippen molar-refractivity contribution in [2.24, 2.45) is 0 Å². The molecule has 0 bridgehead atoms. The van der Waals surface area contributed by atoms with E-state index in [-0.39, 0.29) is 18.4 Å². The lowest BCUT2D eigenvalue weighted by Crippen LogP contribution is -2.21. The first-order chi connectivity index (χ1) is 13.0. The third kappa shape index (κ3) is 4.29. The molecule has 27 heavy (non-hydrogen) atoms. The number of carbonyl (C=O) groups is 2. The molecule has 0 aliphatic heterocycles. The first-order valence-corrected chi connectivity index (χ1v) is 8.73. The molecule has 7 nitrogen and oxygen atoms in total. The highest BCUT2D eigenvalue weighted by Gasteiger charge is 2.13. The maximum atomic E-state index is 12.5. The molecule has 0 saturated heterocycles. The van der Waals surface area contributed by atoms with Gasteiger partial charge in [0, 0.05) is 23.9 Å². The van der Waals surface area contributed by atoms with Gasteiger partial charge in [0.25, 0.3) is 5.91 Å². The summed E-state index contributed by atoms with van der Waals surface area (Å²) in [5.74, 6) is 0.110. The summed E-state index contributed by atoms with van der Waals surface area (Å²) < 4.78 is 2.00. The highest BCUT2D eigenvalue weighted by atomic mass is 32.1. The van der Waals surface area contributed by atoms with Gasteiger partial charge in [-0.2, -0.15) is 5.10 Å². The van der Waals surface area contributed by atoms with Gasteiger partial charge in [-0.25, -0.2) is 0 Å². The molecule has 0 spiro atoms. The molecule has 0 aliphatic carbocycles. The largest absolute Gasteiger partial charge is 0.355 e. The van der Waals surface area contributed by atoms with Crippen LogP contribution in [0.2, 0.25) is 0 Å². The van der Waals surface area contributed by atoms with Gasteiger partial charge in [0.05, 0.1) is 0 Å². The minimum Gasteiger partial charge on any atom is -0.355 e. The number of H-pyrrole nitrogens is 1. The number of rotatable bonds is 5. The second-order valence-corrected chi connectivity index (χ2v) is 6.40. The molecule has 1 aromatic heterocycles. The van der Waals surface area contributed by atoms with Crippen molar-refractivity contribution in [3.05, 3.63) is 64.4 Å². The highest BCUT2D eigenvalue weighted by Crippen LogP contribution is 2.19. The zero-order chi connectivity index (χ0) is 19.4. The topological polar surface area (TPSA) is 91.8 Å². The second kappa shape index (κ2) is 7.96. The molecule has 0 unspecified atom stereocenters. The standard InChI is InChI=1S/C19H19N5O2S/c1-12-5-3-6-13(9-12)17-22-23-19(27)24(17)11-16(25)21-15-8-4-7-14(10-15)18(26)20-2/h3-10H,11H2,1-2H3,(H,20,26)(H,21,25)(H,23,27). The Bertz CT molecular complexity index is 1050. The summed E-state index contributed by atoms with van der Waals surface area (Å²) in [5, 5.41) is 12.3. The monoisotopic (exact) mass is 381 g/mol. The highest BCUT2D eigenvalue weighted by molar-refractivity contribution is 7.71. The summed E-state index contributed by atoms with van der Waals surface area (Å²) in [6, 6.07) is 14.5. The van der Waals surface area contributed by atoms with Crippen LogP contribution in [0, 0.1) is 11.7 Å². The van der Waals surface area contributed by atoms with Crippen molar-refractivity contribution in [3.63, 3.8) is 0 Å². The van der Waals surface area contributed by atoms with Crippen LogP contribution in [-0.4, -0.2) is 33.6 Å². The van der Waals surface area contributed by atoms with Crippen LogP contribution in [0.3, 0.4) is 0 Å².